The van der Waals surface area contributed by atoms with Crippen molar-refractivity contribution in [2.24, 2.45) is 0 Å². The van der Waals surface area contributed by atoms with Crippen molar-refractivity contribution in [1.82, 2.24) is 20.4 Å². The zero-order chi connectivity index (χ0) is 21.3. The van der Waals surface area contributed by atoms with Crippen LogP contribution in [0.2, 0.25) is 0 Å². The van der Waals surface area contributed by atoms with Gasteiger partial charge >= 0.3 is 6.03 Å². The van der Waals surface area contributed by atoms with Gasteiger partial charge < -0.3 is 19.7 Å². The molecular formula is C21H20N4O4S. The van der Waals surface area contributed by atoms with E-state index in [1.165, 1.54) is 18.4 Å². The van der Waals surface area contributed by atoms with Gasteiger partial charge in [0.25, 0.3) is 5.89 Å². The van der Waals surface area contributed by atoms with Crippen LogP contribution in [0.5, 0.6) is 11.5 Å². The quantitative estimate of drug-likeness (QED) is 0.575. The van der Waals surface area contributed by atoms with Gasteiger partial charge in [-0.05, 0) is 36.1 Å². The molecule has 2 amide bonds. The fourth-order valence-corrected chi connectivity index (χ4v) is 4.03. The first-order valence-corrected chi connectivity index (χ1v) is 10.1. The molecule has 3 aromatic rings. The third kappa shape index (κ3) is 3.43. The molecule has 0 bridgehead atoms. The number of allylic oxidation sites excluding steroid dienone is 1. The lowest BCUT2D eigenvalue weighted by Crippen LogP contribution is -2.46. The van der Waals surface area contributed by atoms with Gasteiger partial charge in [-0.2, -0.15) is 4.98 Å². The van der Waals surface area contributed by atoms with Crippen LogP contribution in [0.1, 0.15) is 24.4 Å². The van der Waals surface area contributed by atoms with Crippen molar-refractivity contribution in [1.29, 1.82) is 0 Å². The van der Waals surface area contributed by atoms with Gasteiger partial charge in [-0.3, -0.25) is 4.90 Å². The largest absolute Gasteiger partial charge is 0.504 e. The molecule has 0 radical (unpaired) electrons. The lowest BCUT2D eigenvalue weighted by molar-refractivity contribution is 0.209. The van der Waals surface area contributed by atoms with Crippen molar-refractivity contribution in [2.75, 3.05) is 13.7 Å². The second-order valence-electron chi connectivity index (χ2n) is 6.61. The Balaban J connectivity index is 1.83. The highest BCUT2D eigenvalue weighted by molar-refractivity contribution is 7.13. The minimum Gasteiger partial charge on any atom is -0.504 e. The van der Waals surface area contributed by atoms with E-state index < -0.39 is 6.04 Å². The number of hydrogen-bond acceptors (Lipinski definition) is 7. The van der Waals surface area contributed by atoms with Crippen LogP contribution in [0.15, 0.2) is 58.6 Å². The average molecular weight is 424 g/mol. The molecule has 1 atom stereocenters. The summed E-state index contributed by atoms with van der Waals surface area (Å²) in [5.74, 6) is 1.09. The smallest absolute Gasteiger partial charge is 0.322 e. The number of benzene rings is 1. The van der Waals surface area contributed by atoms with Crippen LogP contribution < -0.4 is 10.1 Å². The number of nitrogens with one attached hydrogen (secondary N) is 1. The molecule has 154 valence electrons. The summed E-state index contributed by atoms with van der Waals surface area (Å²) in [6, 6.07) is 7.92. The molecule has 1 aliphatic heterocycles. The van der Waals surface area contributed by atoms with Gasteiger partial charge in [0.15, 0.2) is 11.5 Å². The standard InChI is InChI=1S/C21H20N4O4S/c1-4-9-25-12(2)17(20-23-19(24-29-20)16-6-5-10-30-16)18(22-21(25)27)13-7-8-15(28-3)14(26)11-13/h4-8,10-11,18,26H,1,9H2,2-3H3,(H,22,27). The summed E-state index contributed by atoms with van der Waals surface area (Å²) in [5.41, 5.74) is 1.97. The van der Waals surface area contributed by atoms with E-state index in [1.54, 1.807) is 29.2 Å². The number of amides is 2. The number of rotatable bonds is 6. The SMILES string of the molecule is C=CCN1C(=O)NC(c2ccc(OC)c(O)c2)C(c2nc(-c3cccs3)no2)=C1C. The summed E-state index contributed by atoms with van der Waals surface area (Å²) in [7, 11) is 1.48. The van der Waals surface area contributed by atoms with Crippen LogP contribution in [0, 0.1) is 0 Å². The number of methoxy groups -OCH3 is 1. The number of phenolic OH excluding ortho intramolecular Hbond substituents is 1. The van der Waals surface area contributed by atoms with Crippen molar-refractivity contribution in [2.45, 2.75) is 13.0 Å². The van der Waals surface area contributed by atoms with Crippen LogP contribution in [0.4, 0.5) is 4.79 Å². The molecule has 3 heterocycles. The Kier molecular flexibility index (Phi) is 5.28. The van der Waals surface area contributed by atoms with E-state index in [9.17, 15) is 9.90 Å². The van der Waals surface area contributed by atoms with E-state index in [0.717, 1.165) is 4.88 Å². The zero-order valence-corrected chi connectivity index (χ0v) is 17.3. The Bertz CT molecular complexity index is 1120. The summed E-state index contributed by atoms with van der Waals surface area (Å²) >= 11 is 1.51. The normalized spacial score (nSPS) is 16.5. The highest BCUT2D eigenvalue weighted by Gasteiger charge is 2.35. The summed E-state index contributed by atoms with van der Waals surface area (Å²) in [5, 5.41) is 19.2. The van der Waals surface area contributed by atoms with Gasteiger partial charge in [0.1, 0.15) is 0 Å². The Morgan fingerprint density at radius 2 is 2.27 bits per heavy atom. The fourth-order valence-electron chi connectivity index (χ4n) is 3.38. The number of thiophene rings is 1. The first-order valence-electron chi connectivity index (χ1n) is 9.18. The van der Waals surface area contributed by atoms with Crippen LogP contribution in [0.3, 0.4) is 0 Å². The molecule has 1 aromatic carbocycles. The number of urea groups is 1. The minimum atomic E-state index is -0.591. The maximum Gasteiger partial charge on any atom is 0.322 e. The highest BCUT2D eigenvalue weighted by atomic mass is 32.1. The first kappa shape index (κ1) is 19.7. The van der Waals surface area contributed by atoms with E-state index in [4.69, 9.17) is 9.26 Å². The summed E-state index contributed by atoms with van der Waals surface area (Å²) in [6.45, 7) is 5.88. The summed E-state index contributed by atoms with van der Waals surface area (Å²) < 4.78 is 10.7. The third-order valence-corrected chi connectivity index (χ3v) is 5.71. The third-order valence-electron chi connectivity index (χ3n) is 4.84. The molecule has 0 fully saturated rings. The molecule has 1 unspecified atom stereocenters. The number of hydrogen-bond donors (Lipinski definition) is 2. The Morgan fingerprint density at radius 3 is 2.93 bits per heavy atom. The molecule has 8 nitrogen and oxygen atoms in total. The summed E-state index contributed by atoms with van der Waals surface area (Å²) in [4.78, 5) is 19.7. The predicted octanol–water partition coefficient (Wildman–Crippen LogP) is 4.20. The van der Waals surface area contributed by atoms with Gasteiger partial charge in [0.05, 0.1) is 23.6 Å². The molecule has 4 rings (SSSR count). The number of phenols is 1. The highest BCUT2D eigenvalue weighted by Crippen LogP contribution is 2.39. The number of nitrogens with zero attached hydrogens (tertiary/aromatic N) is 3. The van der Waals surface area contributed by atoms with Gasteiger partial charge in [-0.15, -0.1) is 17.9 Å². The van der Waals surface area contributed by atoms with Crippen molar-refractivity contribution < 1.29 is 19.2 Å². The average Bonchev–Trinajstić information content (AvgIpc) is 3.42. The molecule has 2 aromatic heterocycles. The van der Waals surface area contributed by atoms with Crippen LogP contribution in [-0.4, -0.2) is 39.8 Å². The number of carbonyl (C=O) groups excluding carboxylic acids is 1. The summed E-state index contributed by atoms with van der Waals surface area (Å²) in [6.07, 6.45) is 1.64. The van der Waals surface area contributed by atoms with Gasteiger partial charge in [0.2, 0.25) is 5.82 Å². The Morgan fingerprint density at radius 1 is 1.43 bits per heavy atom. The molecule has 0 saturated carbocycles. The topological polar surface area (TPSA) is 101 Å². The van der Waals surface area contributed by atoms with E-state index in [1.807, 2.05) is 24.4 Å². The molecule has 9 heteroatoms. The van der Waals surface area contributed by atoms with Crippen LogP contribution in [0.25, 0.3) is 16.3 Å². The lowest BCUT2D eigenvalue weighted by Gasteiger charge is -2.34. The molecular weight excluding hydrogens is 404 g/mol. The molecule has 0 saturated heterocycles. The monoisotopic (exact) mass is 424 g/mol. The van der Waals surface area contributed by atoms with Crippen molar-refractivity contribution in [3.8, 4) is 22.2 Å². The maximum atomic E-state index is 12.7. The molecule has 1 aliphatic rings. The van der Waals surface area contributed by atoms with Crippen molar-refractivity contribution in [3.63, 3.8) is 0 Å². The van der Waals surface area contributed by atoms with E-state index in [0.29, 0.717) is 40.8 Å². The minimum absolute atomic E-state index is 0.0282. The number of aromatic hydroxyl groups is 1. The fraction of sp³-hybridized carbons (Fsp3) is 0.190. The number of carbonyl (C=O) groups is 1. The molecule has 0 spiro atoms. The van der Waals surface area contributed by atoms with Gasteiger partial charge in [-0.25, -0.2) is 4.79 Å². The Hall–Kier alpha value is -3.59. The van der Waals surface area contributed by atoms with Crippen molar-refractivity contribution >= 4 is 22.9 Å². The van der Waals surface area contributed by atoms with E-state index in [-0.39, 0.29) is 11.8 Å². The zero-order valence-electron chi connectivity index (χ0n) is 16.5. The van der Waals surface area contributed by atoms with Crippen LogP contribution in [-0.2, 0) is 0 Å². The Labute approximate surface area is 177 Å². The van der Waals surface area contributed by atoms with Gasteiger partial charge in [-0.1, -0.05) is 23.4 Å². The molecule has 2 N–H and O–H groups in total. The molecule has 30 heavy (non-hydrogen) atoms. The number of ether oxygens (including phenoxy) is 1. The van der Waals surface area contributed by atoms with Crippen molar-refractivity contribution in [3.05, 3.63) is 65.5 Å². The number of aromatic nitrogens is 2. The first-order chi connectivity index (χ1) is 14.5. The predicted molar refractivity (Wildman–Crippen MR) is 113 cm³/mol. The van der Waals surface area contributed by atoms with Crippen LogP contribution >= 0.6 is 11.3 Å². The van der Waals surface area contributed by atoms with Gasteiger partial charge in [0, 0.05) is 12.2 Å². The second-order valence-corrected chi connectivity index (χ2v) is 7.56. The lowest BCUT2D eigenvalue weighted by atomic mass is 9.94. The van der Waals surface area contributed by atoms with E-state index >= 15 is 0 Å². The second kappa shape index (κ2) is 8.03. The molecule has 0 aliphatic carbocycles. The van der Waals surface area contributed by atoms with E-state index in [2.05, 4.69) is 22.0 Å². The maximum absolute atomic E-state index is 12.7.